The van der Waals surface area contributed by atoms with E-state index in [0.717, 1.165) is 11.8 Å². The molecule has 0 aliphatic carbocycles. The van der Waals surface area contributed by atoms with Gasteiger partial charge in [-0.2, -0.15) is 0 Å². The maximum absolute atomic E-state index is 13.4. The summed E-state index contributed by atoms with van der Waals surface area (Å²) in [5.41, 5.74) is 5.97. The molecule has 0 fully saturated rings. The van der Waals surface area contributed by atoms with Crippen molar-refractivity contribution in [3.63, 3.8) is 0 Å². The molecule has 1 aromatic carbocycles. The molecular weight excluding hydrogens is 572 g/mol. The van der Waals surface area contributed by atoms with Crippen molar-refractivity contribution >= 4 is 29.9 Å². The highest BCUT2D eigenvalue weighted by Crippen LogP contribution is 2.32. The standard InChI is InChI=1S/C23H37N3O4.C12H23NO2/c1-21(2,3)17(14-27)25-19(28)18(26(9)20(29)30-22(4,5)6)23(7,8)15-11-10-12-16(24)13-15;1-7-15-12(14)10(4)8-11(9(2)3)13(5)6/h10-14,17-18H,24H2,1-9H3,(H,25,28);8-9,11H,7H2,1-6H3/b;10-8+. The van der Waals surface area contributed by atoms with Crippen molar-refractivity contribution in [2.45, 2.75) is 112 Å². The Kier molecular flexibility index (Phi) is 16.0. The van der Waals surface area contributed by atoms with Crippen LogP contribution in [0.4, 0.5) is 10.5 Å². The average molecular weight is 633 g/mol. The van der Waals surface area contributed by atoms with Gasteiger partial charge < -0.3 is 30.2 Å². The van der Waals surface area contributed by atoms with Crippen LogP contribution < -0.4 is 11.1 Å². The molecule has 0 radical (unpaired) electrons. The molecule has 1 aromatic rings. The molecule has 3 unspecified atom stereocenters. The zero-order valence-corrected chi connectivity index (χ0v) is 30.4. The van der Waals surface area contributed by atoms with E-state index in [9.17, 15) is 19.2 Å². The lowest BCUT2D eigenvalue weighted by Gasteiger charge is -2.41. The second kappa shape index (κ2) is 17.3. The summed E-state index contributed by atoms with van der Waals surface area (Å²) in [6.07, 6.45) is 2.07. The van der Waals surface area contributed by atoms with E-state index in [1.807, 2.05) is 67.8 Å². The van der Waals surface area contributed by atoms with Gasteiger partial charge in [0.2, 0.25) is 5.91 Å². The van der Waals surface area contributed by atoms with Gasteiger partial charge in [0, 0.05) is 29.8 Å². The highest BCUT2D eigenvalue weighted by atomic mass is 16.6. The number of aldehydes is 1. The predicted octanol–water partition coefficient (Wildman–Crippen LogP) is 5.59. The largest absolute Gasteiger partial charge is 0.463 e. The summed E-state index contributed by atoms with van der Waals surface area (Å²) in [4.78, 5) is 52.7. The number of ether oxygens (including phenoxy) is 2. The highest BCUT2D eigenvalue weighted by Gasteiger charge is 2.44. The van der Waals surface area contributed by atoms with E-state index >= 15 is 0 Å². The first kappa shape index (κ1) is 41.6. The van der Waals surface area contributed by atoms with Crippen LogP contribution in [-0.4, -0.2) is 85.5 Å². The molecular formula is C35H60N4O6. The Labute approximate surface area is 272 Å². The van der Waals surface area contributed by atoms with Gasteiger partial charge in [-0.3, -0.25) is 9.69 Å². The summed E-state index contributed by atoms with van der Waals surface area (Å²) < 4.78 is 10.4. The summed E-state index contributed by atoms with van der Waals surface area (Å²) in [5, 5.41) is 2.81. The lowest BCUT2D eigenvalue weighted by molar-refractivity contribution is -0.138. The number of hydrogen-bond donors (Lipinski definition) is 2. The Hall–Kier alpha value is -3.40. The summed E-state index contributed by atoms with van der Waals surface area (Å²) >= 11 is 0. The minimum Gasteiger partial charge on any atom is -0.463 e. The molecule has 1 rings (SSSR count). The number of nitrogens with one attached hydrogen (secondary N) is 1. The second-order valence-corrected chi connectivity index (χ2v) is 14.6. The van der Waals surface area contributed by atoms with Crippen LogP contribution in [0.3, 0.4) is 0 Å². The number of esters is 1. The third-order valence-electron chi connectivity index (χ3n) is 7.30. The predicted molar refractivity (Wildman–Crippen MR) is 182 cm³/mol. The maximum Gasteiger partial charge on any atom is 0.410 e. The van der Waals surface area contributed by atoms with Crippen LogP contribution in [0.15, 0.2) is 35.9 Å². The Balaban J connectivity index is 0.00000109. The molecule has 0 aliphatic heterocycles. The average Bonchev–Trinajstić information content (AvgIpc) is 2.88. The van der Waals surface area contributed by atoms with Crippen molar-refractivity contribution in [2.24, 2.45) is 11.3 Å². The molecule has 0 heterocycles. The van der Waals surface area contributed by atoms with Crippen LogP contribution in [-0.2, 0) is 29.3 Å². The van der Waals surface area contributed by atoms with E-state index in [1.165, 1.54) is 11.9 Å². The van der Waals surface area contributed by atoms with Gasteiger partial charge in [-0.1, -0.05) is 66.7 Å². The first-order chi connectivity index (χ1) is 20.4. The normalized spacial score (nSPS) is 14.5. The van der Waals surface area contributed by atoms with Gasteiger partial charge in [-0.15, -0.1) is 0 Å². The number of likely N-dealkylation sites (N-methyl/N-ethyl adjacent to an activating group) is 2. The van der Waals surface area contributed by atoms with Gasteiger partial charge in [0.15, 0.2) is 0 Å². The van der Waals surface area contributed by atoms with Crippen molar-refractivity contribution in [3.05, 3.63) is 41.5 Å². The zero-order valence-electron chi connectivity index (χ0n) is 30.4. The van der Waals surface area contributed by atoms with Crippen LogP contribution in [0, 0.1) is 11.3 Å². The third kappa shape index (κ3) is 13.6. The van der Waals surface area contributed by atoms with Crippen molar-refractivity contribution in [1.82, 2.24) is 15.1 Å². The number of nitrogens with two attached hydrogens (primary N) is 1. The van der Waals surface area contributed by atoms with Gasteiger partial charge in [0.1, 0.15) is 17.9 Å². The maximum atomic E-state index is 13.4. The lowest BCUT2D eigenvalue weighted by atomic mass is 9.76. The molecule has 0 bridgehead atoms. The molecule has 0 spiro atoms. The molecule has 10 nitrogen and oxygen atoms in total. The van der Waals surface area contributed by atoms with Crippen LogP contribution in [0.5, 0.6) is 0 Å². The molecule has 45 heavy (non-hydrogen) atoms. The number of rotatable bonds is 11. The summed E-state index contributed by atoms with van der Waals surface area (Å²) in [6.45, 7) is 22.9. The number of benzene rings is 1. The molecule has 0 aliphatic rings. The minimum absolute atomic E-state index is 0.218. The number of carbonyl (C=O) groups is 4. The molecule has 3 N–H and O–H groups in total. The molecule has 0 aromatic heterocycles. The van der Waals surface area contributed by atoms with E-state index < -0.39 is 40.5 Å². The quantitative estimate of drug-likeness (QED) is 0.140. The minimum atomic E-state index is -0.945. The number of anilines is 1. The first-order valence-electron chi connectivity index (χ1n) is 15.5. The van der Waals surface area contributed by atoms with E-state index in [1.54, 1.807) is 45.9 Å². The molecule has 10 heteroatoms. The van der Waals surface area contributed by atoms with Gasteiger partial charge in [-0.05, 0) is 77.7 Å². The van der Waals surface area contributed by atoms with Crippen LogP contribution in [0.2, 0.25) is 0 Å². The van der Waals surface area contributed by atoms with Gasteiger partial charge in [0.25, 0.3) is 0 Å². The summed E-state index contributed by atoms with van der Waals surface area (Å²) in [6, 6.07) is 5.82. The first-order valence-corrected chi connectivity index (χ1v) is 15.5. The van der Waals surface area contributed by atoms with Crippen LogP contribution in [0.25, 0.3) is 0 Å². The van der Waals surface area contributed by atoms with Gasteiger partial charge >= 0.3 is 12.1 Å². The Morgan fingerprint density at radius 2 is 1.56 bits per heavy atom. The van der Waals surface area contributed by atoms with Crippen LogP contribution in [0.1, 0.15) is 88.6 Å². The van der Waals surface area contributed by atoms with Crippen molar-refractivity contribution in [1.29, 1.82) is 0 Å². The number of nitrogens with zero attached hydrogens (tertiary/aromatic N) is 2. The monoisotopic (exact) mass is 632 g/mol. The van der Waals surface area contributed by atoms with Crippen LogP contribution >= 0.6 is 0 Å². The third-order valence-corrected chi connectivity index (χ3v) is 7.30. The van der Waals surface area contributed by atoms with Crippen molar-refractivity contribution < 1.29 is 28.7 Å². The number of nitrogen functional groups attached to an aromatic ring is 1. The molecule has 0 saturated heterocycles. The van der Waals surface area contributed by atoms with Gasteiger partial charge in [-0.25, -0.2) is 9.59 Å². The fraction of sp³-hybridized carbons (Fsp3) is 0.657. The fourth-order valence-corrected chi connectivity index (χ4v) is 4.72. The fourth-order valence-electron chi connectivity index (χ4n) is 4.72. The molecule has 3 atom stereocenters. The molecule has 2 amide bonds. The van der Waals surface area contributed by atoms with Crippen molar-refractivity contribution in [2.75, 3.05) is 33.5 Å². The van der Waals surface area contributed by atoms with Gasteiger partial charge in [0.05, 0.1) is 12.6 Å². The second-order valence-electron chi connectivity index (χ2n) is 14.6. The Morgan fingerprint density at radius 1 is 1.00 bits per heavy atom. The topological polar surface area (TPSA) is 131 Å². The van der Waals surface area contributed by atoms with E-state index in [2.05, 4.69) is 24.1 Å². The van der Waals surface area contributed by atoms with E-state index in [-0.39, 0.29) is 12.0 Å². The zero-order chi connectivity index (χ0) is 35.5. The van der Waals surface area contributed by atoms with Crippen molar-refractivity contribution in [3.8, 4) is 0 Å². The SMILES string of the molecule is CCOC(=O)/C(C)=C/C(C(C)C)N(C)C.CN(C(=O)OC(C)(C)C)C(C(=O)NC(C=O)C(C)(C)C)C(C)(C)c1cccc(N)c1. The van der Waals surface area contributed by atoms with E-state index in [0.29, 0.717) is 23.8 Å². The number of hydrogen-bond acceptors (Lipinski definition) is 8. The molecule has 256 valence electrons. The number of carbonyl (C=O) groups excluding carboxylic acids is 4. The highest BCUT2D eigenvalue weighted by molar-refractivity contribution is 5.89. The smallest absolute Gasteiger partial charge is 0.410 e. The summed E-state index contributed by atoms with van der Waals surface area (Å²) in [5.74, 6) is -0.183. The summed E-state index contributed by atoms with van der Waals surface area (Å²) in [7, 11) is 5.55. The Bertz CT molecular complexity index is 1150. The lowest BCUT2D eigenvalue weighted by Crippen LogP contribution is -2.60. The number of amides is 2. The Morgan fingerprint density at radius 3 is 1.96 bits per heavy atom. The van der Waals surface area contributed by atoms with E-state index in [4.69, 9.17) is 15.2 Å². The molecule has 0 saturated carbocycles.